The molecule has 0 bridgehead atoms. The maximum absolute atomic E-state index is 11.2. The maximum Gasteiger partial charge on any atom is 0.186 e. The molecule has 3 rings (SSSR count). The van der Waals surface area contributed by atoms with Crippen molar-refractivity contribution in [2.75, 3.05) is 0 Å². The van der Waals surface area contributed by atoms with Gasteiger partial charge in [0.05, 0.1) is 0 Å². The molecule has 0 atom stereocenters. The normalized spacial score (nSPS) is 12.4. The third-order valence-electron chi connectivity index (χ3n) is 2.69. The fraction of sp³-hybridized carbons (Fsp3) is 0. The summed E-state index contributed by atoms with van der Waals surface area (Å²) in [6.45, 7) is 0. The van der Waals surface area contributed by atoms with Crippen LogP contribution >= 0.6 is 0 Å². The van der Waals surface area contributed by atoms with Crippen LogP contribution in [0, 0.1) is 0 Å². The molecule has 0 unspecified atom stereocenters. The van der Waals surface area contributed by atoms with Crippen molar-refractivity contribution >= 4 is 11.6 Å². The van der Waals surface area contributed by atoms with Crippen molar-refractivity contribution in [2.24, 2.45) is 0 Å². The molecule has 0 saturated carbocycles. The third-order valence-corrected chi connectivity index (χ3v) is 2.69. The number of allylic oxidation sites excluding steroid dienone is 2. The molecule has 0 amide bonds. The van der Waals surface area contributed by atoms with E-state index < -0.39 is 0 Å². The van der Waals surface area contributed by atoms with Crippen LogP contribution in [-0.2, 0) is 0 Å². The molecule has 0 saturated heterocycles. The molecule has 2 aromatic carbocycles. The van der Waals surface area contributed by atoms with Crippen molar-refractivity contribution in [2.45, 2.75) is 0 Å². The average molecular weight is 268 g/mol. The summed E-state index contributed by atoms with van der Waals surface area (Å²) in [4.78, 5) is 22.4. The van der Waals surface area contributed by atoms with Crippen molar-refractivity contribution in [1.82, 2.24) is 0 Å². The fourth-order valence-corrected chi connectivity index (χ4v) is 1.70. The molecule has 0 aliphatic heterocycles. The highest BCUT2D eigenvalue weighted by molar-refractivity contribution is 6.21. The van der Waals surface area contributed by atoms with Gasteiger partial charge in [-0.1, -0.05) is 24.3 Å². The van der Waals surface area contributed by atoms with Gasteiger partial charge in [0.2, 0.25) is 0 Å². The van der Waals surface area contributed by atoms with Gasteiger partial charge in [-0.3, -0.25) is 9.59 Å². The summed E-state index contributed by atoms with van der Waals surface area (Å²) in [6.07, 6.45) is 2.62. The topological polar surface area (TPSA) is 74.6 Å². The number of hydrogen-bond acceptors (Lipinski definition) is 4. The highest BCUT2D eigenvalue weighted by atomic mass is 16.3. The maximum atomic E-state index is 11.2. The number of hydrogen-bond donors (Lipinski definition) is 2. The van der Waals surface area contributed by atoms with E-state index in [0.717, 1.165) is 0 Å². The molecule has 20 heavy (non-hydrogen) atoms. The average Bonchev–Trinajstić information content (AvgIpc) is 2.47. The van der Waals surface area contributed by atoms with Gasteiger partial charge in [-0.2, -0.15) is 0 Å². The Balaban J connectivity index is 0.000000160. The number of benzene rings is 2. The number of phenols is 2. The molecule has 2 N–H and O–H groups in total. The third kappa shape index (κ3) is 3.11. The van der Waals surface area contributed by atoms with Crippen LogP contribution < -0.4 is 0 Å². The summed E-state index contributed by atoms with van der Waals surface area (Å²) in [5.74, 6) is 0.154. The highest BCUT2D eigenvalue weighted by Gasteiger charge is 2.16. The number of aromatic hydroxyl groups is 2. The van der Waals surface area contributed by atoms with Gasteiger partial charge in [-0.25, -0.2) is 0 Å². The van der Waals surface area contributed by atoms with Crippen LogP contribution in [0.2, 0.25) is 0 Å². The molecule has 0 heterocycles. The number of fused-ring (bicyclic) bond motifs is 1. The van der Waals surface area contributed by atoms with Crippen molar-refractivity contribution in [3.63, 3.8) is 0 Å². The van der Waals surface area contributed by atoms with Gasteiger partial charge in [0.25, 0.3) is 0 Å². The van der Waals surface area contributed by atoms with Crippen molar-refractivity contribution < 1.29 is 19.8 Å². The molecule has 4 heteroatoms. The van der Waals surface area contributed by atoms with Gasteiger partial charge in [-0.15, -0.1) is 0 Å². The molecular weight excluding hydrogens is 256 g/mol. The lowest BCUT2D eigenvalue weighted by atomic mass is 9.95. The molecular formula is C16H12O4. The molecule has 100 valence electrons. The largest absolute Gasteiger partial charge is 0.508 e. The van der Waals surface area contributed by atoms with E-state index in [2.05, 4.69) is 0 Å². The monoisotopic (exact) mass is 268 g/mol. The van der Waals surface area contributed by atoms with Gasteiger partial charge in [-0.05, 0) is 36.4 Å². The second kappa shape index (κ2) is 5.84. The minimum absolute atomic E-state index is 0.0924. The first-order valence-electron chi connectivity index (χ1n) is 5.91. The quantitative estimate of drug-likeness (QED) is 0.720. The molecule has 1 aliphatic carbocycles. The Kier molecular flexibility index (Phi) is 3.96. The van der Waals surface area contributed by atoms with E-state index >= 15 is 0 Å². The minimum Gasteiger partial charge on any atom is -0.508 e. The molecule has 0 spiro atoms. The van der Waals surface area contributed by atoms with Crippen LogP contribution in [0.25, 0.3) is 0 Å². The number of phenolic OH excluding ortho intramolecular Hbond substituents is 2. The van der Waals surface area contributed by atoms with Gasteiger partial charge >= 0.3 is 0 Å². The van der Waals surface area contributed by atoms with E-state index in [-0.39, 0.29) is 23.1 Å². The van der Waals surface area contributed by atoms with Crippen LogP contribution in [0.1, 0.15) is 20.7 Å². The first-order chi connectivity index (χ1) is 9.58. The Morgan fingerprint density at radius 3 is 1.30 bits per heavy atom. The summed E-state index contributed by atoms with van der Waals surface area (Å²) in [6, 6.07) is 12.5. The van der Waals surface area contributed by atoms with E-state index in [4.69, 9.17) is 10.2 Å². The van der Waals surface area contributed by atoms with E-state index in [1.54, 1.807) is 24.3 Å². The van der Waals surface area contributed by atoms with Crippen LogP contribution in [0.15, 0.2) is 60.7 Å². The van der Waals surface area contributed by atoms with Gasteiger partial charge in [0, 0.05) is 11.1 Å². The number of carbonyl (C=O) groups excluding carboxylic acids is 2. The lowest BCUT2D eigenvalue weighted by molar-refractivity contribution is 0.0994. The Hall–Kier alpha value is -2.88. The van der Waals surface area contributed by atoms with Crippen molar-refractivity contribution in [3.8, 4) is 11.5 Å². The minimum atomic E-state index is -0.0924. The summed E-state index contributed by atoms with van der Waals surface area (Å²) in [7, 11) is 0. The zero-order valence-corrected chi connectivity index (χ0v) is 10.5. The van der Waals surface area contributed by atoms with Gasteiger partial charge in [0.15, 0.2) is 11.6 Å². The molecule has 1 aliphatic rings. The standard InChI is InChI=1S/C10H6O2.C6H6O2/c11-9-5-6-10(12)8-4-2-1-3-7(8)9;7-5-1-2-6(8)4-3-5/h1-6H;1-4,7-8H. The summed E-state index contributed by atoms with van der Waals surface area (Å²) < 4.78 is 0. The molecule has 2 aromatic rings. The molecule has 4 nitrogen and oxygen atoms in total. The Morgan fingerprint density at radius 1 is 0.600 bits per heavy atom. The number of rotatable bonds is 0. The van der Waals surface area contributed by atoms with Crippen LogP contribution in [0.3, 0.4) is 0 Å². The van der Waals surface area contributed by atoms with Gasteiger partial charge in [0.1, 0.15) is 11.5 Å². The lowest BCUT2D eigenvalue weighted by Gasteiger charge is -2.06. The van der Waals surface area contributed by atoms with E-state index in [9.17, 15) is 9.59 Å². The van der Waals surface area contributed by atoms with Crippen LogP contribution in [0.5, 0.6) is 11.5 Å². The lowest BCUT2D eigenvalue weighted by Crippen LogP contribution is -2.10. The second-order valence-electron chi connectivity index (χ2n) is 4.12. The first kappa shape index (κ1) is 13.5. The van der Waals surface area contributed by atoms with Crippen LogP contribution in [0.4, 0.5) is 0 Å². The van der Waals surface area contributed by atoms with E-state index in [0.29, 0.717) is 11.1 Å². The number of ketones is 2. The summed E-state index contributed by atoms with van der Waals surface area (Å²) in [5.41, 5.74) is 1.01. The first-order valence-corrected chi connectivity index (χ1v) is 5.91. The SMILES string of the molecule is O=C1C=CC(=O)c2ccccc21.Oc1ccc(O)cc1. The van der Waals surface area contributed by atoms with Crippen molar-refractivity contribution in [3.05, 3.63) is 71.8 Å². The Bertz CT molecular complexity index is 611. The predicted octanol–water partition coefficient (Wildman–Crippen LogP) is 2.72. The van der Waals surface area contributed by atoms with E-state index in [1.807, 2.05) is 0 Å². The molecule has 0 aromatic heterocycles. The Morgan fingerprint density at radius 2 is 0.950 bits per heavy atom. The summed E-state index contributed by atoms with van der Waals surface area (Å²) in [5, 5.41) is 17.3. The van der Waals surface area contributed by atoms with E-state index in [1.165, 1.54) is 36.4 Å². The van der Waals surface area contributed by atoms with Crippen LogP contribution in [-0.4, -0.2) is 21.8 Å². The van der Waals surface area contributed by atoms with Gasteiger partial charge < -0.3 is 10.2 Å². The number of carbonyl (C=O) groups is 2. The molecule has 0 radical (unpaired) electrons. The predicted molar refractivity (Wildman–Crippen MR) is 74.0 cm³/mol. The highest BCUT2D eigenvalue weighted by Crippen LogP contribution is 2.15. The Labute approximate surface area is 115 Å². The zero-order chi connectivity index (χ0) is 14.5. The second-order valence-corrected chi connectivity index (χ2v) is 4.12. The zero-order valence-electron chi connectivity index (χ0n) is 10.5. The van der Waals surface area contributed by atoms with Crippen molar-refractivity contribution in [1.29, 1.82) is 0 Å². The fourth-order valence-electron chi connectivity index (χ4n) is 1.70. The summed E-state index contributed by atoms with van der Waals surface area (Å²) >= 11 is 0. The molecule has 0 fully saturated rings. The smallest absolute Gasteiger partial charge is 0.186 e.